The molecule has 0 spiro atoms. The first-order valence-electron chi connectivity index (χ1n) is 6.90. The number of amides is 3. The monoisotopic (exact) mass is 285 g/mol. The highest BCUT2D eigenvalue weighted by Gasteiger charge is 2.41. The van der Waals surface area contributed by atoms with Crippen molar-refractivity contribution in [1.82, 2.24) is 15.5 Å². The third-order valence-electron chi connectivity index (χ3n) is 3.69. The fraction of sp³-hybridized carbons (Fsp3) is 0.769. The van der Waals surface area contributed by atoms with Crippen LogP contribution in [0.1, 0.15) is 32.6 Å². The van der Waals surface area contributed by atoms with Crippen LogP contribution in [0.25, 0.3) is 0 Å². The number of nitrogens with zero attached hydrogens (tertiary/aromatic N) is 1. The Balaban J connectivity index is 2.45. The van der Waals surface area contributed by atoms with E-state index in [9.17, 15) is 19.5 Å². The van der Waals surface area contributed by atoms with Crippen molar-refractivity contribution in [1.29, 1.82) is 0 Å². The van der Waals surface area contributed by atoms with Crippen LogP contribution >= 0.6 is 0 Å². The van der Waals surface area contributed by atoms with Crippen LogP contribution in [0.15, 0.2) is 0 Å². The van der Waals surface area contributed by atoms with Gasteiger partial charge in [-0.3, -0.25) is 9.59 Å². The van der Waals surface area contributed by atoms with Crippen molar-refractivity contribution >= 4 is 17.9 Å². The van der Waals surface area contributed by atoms with Gasteiger partial charge >= 0.3 is 12.0 Å². The summed E-state index contributed by atoms with van der Waals surface area (Å²) in [5.74, 6) is -1.10. The highest BCUT2D eigenvalue weighted by Crippen LogP contribution is 2.37. The van der Waals surface area contributed by atoms with Crippen LogP contribution in [0.5, 0.6) is 0 Å². The molecule has 7 heteroatoms. The van der Waals surface area contributed by atoms with E-state index in [1.807, 2.05) is 0 Å². The number of likely N-dealkylation sites (N-methyl/N-ethyl adjacent to an activating group) is 2. The zero-order chi connectivity index (χ0) is 15.2. The molecule has 114 valence electrons. The maximum atomic E-state index is 11.8. The molecule has 0 heterocycles. The summed E-state index contributed by atoms with van der Waals surface area (Å²) in [6.45, 7) is 2.38. The molecular weight excluding hydrogens is 262 g/mol. The Labute approximate surface area is 118 Å². The van der Waals surface area contributed by atoms with Crippen LogP contribution in [0.4, 0.5) is 4.79 Å². The van der Waals surface area contributed by atoms with E-state index < -0.39 is 17.4 Å². The minimum Gasteiger partial charge on any atom is -0.481 e. The van der Waals surface area contributed by atoms with Crippen molar-refractivity contribution in [3.05, 3.63) is 0 Å². The molecule has 7 nitrogen and oxygen atoms in total. The van der Waals surface area contributed by atoms with E-state index >= 15 is 0 Å². The number of nitrogens with one attached hydrogen (secondary N) is 2. The van der Waals surface area contributed by atoms with Gasteiger partial charge in [0.1, 0.15) is 6.54 Å². The molecule has 0 atom stereocenters. The fourth-order valence-corrected chi connectivity index (χ4v) is 2.44. The van der Waals surface area contributed by atoms with Gasteiger partial charge in [0.05, 0.1) is 5.41 Å². The number of aliphatic carboxylic acids is 1. The number of hydrogen-bond donors (Lipinski definition) is 3. The van der Waals surface area contributed by atoms with Crippen LogP contribution in [0, 0.1) is 5.41 Å². The van der Waals surface area contributed by atoms with Gasteiger partial charge in [0.2, 0.25) is 5.91 Å². The molecule has 1 saturated carbocycles. The van der Waals surface area contributed by atoms with Gasteiger partial charge in [-0.1, -0.05) is 12.8 Å². The number of carbonyl (C=O) groups excluding carboxylic acids is 2. The lowest BCUT2D eigenvalue weighted by molar-refractivity contribution is -0.148. The summed E-state index contributed by atoms with van der Waals surface area (Å²) in [5.41, 5.74) is -0.845. The smallest absolute Gasteiger partial charge is 0.317 e. The summed E-state index contributed by atoms with van der Waals surface area (Å²) in [6.07, 6.45) is 2.92. The number of carboxylic acids is 1. The molecule has 3 N–H and O–H groups in total. The van der Waals surface area contributed by atoms with E-state index in [1.54, 1.807) is 6.92 Å². The van der Waals surface area contributed by atoms with E-state index in [0.717, 1.165) is 12.8 Å². The predicted octanol–water partition coefficient (Wildman–Crippen LogP) is 0.409. The summed E-state index contributed by atoms with van der Waals surface area (Å²) < 4.78 is 0. The molecule has 0 bridgehead atoms. The van der Waals surface area contributed by atoms with Gasteiger partial charge < -0.3 is 20.6 Å². The van der Waals surface area contributed by atoms with Gasteiger partial charge in [0.15, 0.2) is 0 Å². The SMILES string of the molecule is CCNC(=O)CN(C)C(=O)NCC1(C(=O)O)CCCC1. The van der Waals surface area contributed by atoms with Crippen molar-refractivity contribution in [2.75, 3.05) is 26.7 Å². The number of hydrogen-bond acceptors (Lipinski definition) is 3. The average molecular weight is 285 g/mol. The topological polar surface area (TPSA) is 98.7 Å². The fourth-order valence-electron chi connectivity index (χ4n) is 2.44. The van der Waals surface area contributed by atoms with Crippen molar-refractivity contribution in [2.45, 2.75) is 32.6 Å². The zero-order valence-electron chi connectivity index (χ0n) is 12.1. The molecule has 1 aliphatic carbocycles. The van der Waals surface area contributed by atoms with Crippen LogP contribution in [0.3, 0.4) is 0 Å². The second-order valence-electron chi connectivity index (χ2n) is 5.26. The highest BCUT2D eigenvalue weighted by molar-refractivity contribution is 5.84. The molecule has 0 saturated heterocycles. The molecule has 0 unspecified atom stereocenters. The lowest BCUT2D eigenvalue weighted by Gasteiger charge is -2.25. The van der Waals surface area contributed by atoms with Gasteiger partial charge in [0, 0.05) is 20.1 Å². The van der Waals surface area contributed by atoms with Crippen LogP contribution in [-0.2, 0) is 9.59 Å². The normalized spacial score (nSPS) is 16.5. The van der Waals surface area contributed by atoms with Crippen LogP contribution < -0.4 is 10.6 Å². The molecular formula is C13H23N3O4. The summed E-state index contributed by atoms with van der Waals surface area (Å²) in [4.78, 5) is 35.8. The first-order chi connectivity index (χ1) is 9.41. The van der Waals surface area contributed by atoms with Crippen molar-refractivity contribution in [2.24, 2.45) is 5.41 Å². The summed E-state index contributed by atoms with van der Waals surface area (Å²) >= 11 is 0. The van der Waals surface area contributed by atoms with Gasteiger partial charge in [-0.25, -0.2) is 4.79 Å². The molecule has 1 fully saturated rings. The van der Waals surface area contributed by atoms with E-state index in [2.05, 4.69) is 10.6 Å². The Morgan fingerprint density at radius 2 is 1.80 bits per heavy atom. The quantitative estimate of drug-likeness (QED) is 0.658. The van der Waals surface area contributed by atoms with Crippen LogP contribution in [-0.4, -0.2) is 54.6 Å². The predicted molar refractivity (Wildman–Crippen MR) is 73.2 cm³/mol. The standard InChI is InChI=1S/C13H23N3O4/c1-3-14-10(17)8-16(2)12(20)15-9-13(11(18)19)6-4-5-7-13/h3-9H2,1-2H3,(H,14,17)(H,15,20)(H,18,19). The molecule has 0 aromatic rings. The van der Waals surface area contributed by atoms with E-state index in [0.29, 0.717) is 19.4 Å². The largest absolute Gasteiger partial charge is 0.481 e. The summed E-state index contributed by atoms with van der Waals surface area (Å²) in [5, 5.41) is 14.5. The van der Waals surface area contributed by atoms with E-state index in [4.69, 9.17) is 0 Å². The average Bonchev–Trinajstić information content (AvgIpc) is 2.86. The Bertz CT molecular complexity index is 378. The van der Waals surface area contributed by atoms with Crippen molar-refractivity contribution < 1.29 is 19.5 Å². The zero-order valence-corrected chi connectivity index (χ0v) is 12.1. The van der Waals surface area contributed by atoms with Gasteiger partial charge in [-0.15, -0.1) is 0 Å². The highest BCUT2D eigenvalue weighted by atomic mass is 16.4. The van der Waals surface area contributed by atoms with Gasteiger partial charge in [-0.2, -0.15) is 0 Å². The Hall–Kier alpha value is -1.79. The molecule has 0 aliphatic heterocycles. The minimum absolute atomic E-state index is 0.0419. The van der Waals surface area contributed by atoms with Crippen molar-refractivity contribution in [3.63, 3.8) is 0 Å². The Morgan fingerprint density at radius 1 is 1.20 bits per heavy atom. The molecule has 3 amide bonds. The Morgan fingerprint density at radius 3 is 2.30 bits per heavy atom. The van der Waals surface area contributed by atoms with E-state index in [-0.39, 0.29) is 19.0 Å². The number of urea groups is 1. The molecule has 1 rings (SSSR count). The first-order valence-corrected chi connectivity index (χ1v) is 6.90. The third kappa shape index (κ3) is 4.11. The van der Waals surface area contributed by atoms with E-state index in [1.165, 1.54) is 11.9 Å². The maximum Gasteiger partial charge on any atom is 0.317 e. The second kappa shape index (κ2) is 7.12. The maximum absolute atomic E-state index is 11.8. The first kappa shape index (κ1) is 16.3. The summed E-state index contributed by atoms with van der Waals surface area (Å²) in [7, 11) is 1.51. The van der Waals surface area contributed by atoms with Crippen molar-refractivity contribution in [3.8, 4) is 0 Å². The van der Waals surface area contributed by atoms with Crippen LogP contribution in [0.2, 0.25) is 0 Å². The summed E-state index contributed by atoms with van der Waals surface area (Å²) in [6, 6.07) is -0.427. The number of carboxylic acid groups (broad SMARTS) is 1. The molecule has 20 heavy (non-hydrogen) atoms. The third-order valence-corrected chi connectivity index (χ3v) is 3.69. The Kier molecular flexibility index (Phi) is 5.79. The second-order valence-corrected chi connectivity index (χ2v) is 5.26. The lowest BCUT2D eigenvalue weighted by atomic mass is 9.86. The van der Waals surface area contributed by atoms with Gasteiger partial charge in [-0.05, 0) is 19.8 Å². The minimum atomic E-state index is -0.860. The molecule has 0 aromatic heterocycles. The molecule has 1 aliphatic rings. The molecule has 0 radical (unpaired) electrons. The number of carbonyl (C=O) groups is 3. The lowest BCUT2D eigenvalue weighted by Crippen LogP contribution is -2.47. The number of rotatable bonds is 6. The van der Waals surface area contributed by atoms with Gasteiger partial charge in [0.25, 0.3) is 0 Å². The molecule has 0 aromatic carbocycles.